The highest BCUT2D eigenvalue weighted by molar-refractivity contribution is 6.04. The molecule has 0 fully saturated rings. The highest BCUT2D eigenvalue weighted by Gasteiger charge is 2.24. The summed E-state index contributed by atoms with van der Waals surface area (Å²) >= 11 is 0. The fraction of sp³-hybridized carbons (Fsp3) is 0.115. The quantitative estimate of drug-likeness (QED) is 0.350. The minimum absolute atomic E-state index is 0.0792. The first-order valence-corrected chi connectivity index (χ1v) is 10.6. The van der Waals surface area contributed by atoms with Gasteiger partial charge in [0.15, 0.2) is 17.6 Å². The number of hydrogen-bond acceptors (Lipinski definition) is 6. The molecule has 0 radical (unpaired) electrons. The van der Waals surface area contributed by atoms with Gasteiger partial charge >= 0.3 is 5.97 Å². The van der Waals surface area contributed by atoms with E-state index in [1.165, 1.54) is 13.8 Å². The van der Waals surface area contributed by atoms with Crippen LogP contribution in [0.5, 0.6) is 0 Å². The van der Waals surface area contributed by atoms with Gasteiger partial charge < -0.3 is 10.1 Å². The average molecular weight is 455 g/mol. The Labute approximate surface area is 194 Å². The van der Waals surface area contributed by atoms with Crippen LogP contribution < -0.4 is 10.9 Å². The highest BCUT2D eigenvalue weighted by atomic mass is 16.5. The van der Waals surface area contributed by atoms with E-state index in [-0.39, 0.29) is 17.0 Å². The van der Waals surface area contributed by atoms with Crippen molar-refractivity contribution >= 4 is 34.1 Å². The Morgan fingerprint density at radius 3 is 2.15 bits per heavy atom. The first-order chi connectivity index (χ1) is 16.3. The number of benzene rings is 3. The number of Topliss-reactive ketones (excluding diaryl/α,β-unsaturated/α-hetero) is 1. The SMILES string of the molecule is CC(=O)c1ccc(NC(=O)C(C)OC(=O)c2nn(-c3ccccc3)c(=O)c3ccccc23)cc1. The number of carbonyl (C=O) groups is 3. The zero-order valence-electron chi connectivity index (χ0n) is 18.5. The maximum absolute atomic E-state index is 13.0. The third-order valence-corrected chi connectivity index (χ3v) is 5.21. The summed E-state index contributed by atoms with van der Waals surface area (Å²) < 4.78 is 6.53. The lowest BCUT2D eigenvalue weighted by atomic mass is 10.1. The molecule has 1 heterocycles. The number of ketones is 1. The van der Waals surface area contributed by atoms with Gasteiger partial charge in [0, 0.05) is 16.6 Å². The first kappa shape index (κ1) is 22.6. The molecule has 0 bridgehead atoms. The topological polar surface area (TPSA) is 107 Å². The number of ether oxygens (including phenoxy) is 1. The molecule has 4 rings (SSSR count). The number of carbonyl (C=O) groups excluding carboxylic acids is 3. The van der Waals surface area contributed by atoms with Crippen molar-refractivity contribution in [3.63, 3.8) is 0 Å². The number of nitrogens with one attached hydrogen (secondary N) is 1. The van der Waals surface area contributed by atoms with Crippen molar-refractivity contribution in [2.45, 2.75) is 20.0 Å². The molecule has 1 unspecified atom stereocenters. The molecule has 0 spiro atoms. The number of aromatic nitrogens is 2. The monoisotopic (exact) mass is 455 g/mol. The number of anilines is 1. The van der Waals surface area contributed by atoms with Crippen molar-refractivity contribution in [2.24, 2.45) is 0 Å². The second kappa shape index (κ2) is 9.50. The molecule has 1 amide bonds. The van der Waals surface area contributed by atoms with Crippen molar-refractivity contribution in [3.05, 3.63) is 100 Å². The van der Waals surface area contributed by atoms with Crippen LogP contribution >= 0.6 is 0 Å². The van der Waals surface area contributed by atoms with E-state index < -0.39 is 18.0 Å². The summed E-state index contributed by atoms with van der Waals surface area (Å²) in [4.78, 5) is 50.0. The van der Waals surface area contributed by atoms with Gasteiger partial charge in [-0.1, -0.05) is 36.4 Å². The second-order valence-electron chi connectivity index (χ2n) is 7.62. The fourth-order valence-electron chi connectivity index (χ4n) is 3.39. The Hall–Kier alpha value is -4.59. The number of hydrogen-bond donors (Lipinski definition) is 1. The van der Waals surface area contributed by atoms with Gasteiger partial charge in [0.05, 0.1) is 11.1 Å². The third kappa shape index (κ3) is 4.61. The van der Waals surface area contributed by atoms with Crippen molar-refractivity contribution in [2.75, 3.05) is 5.32 Å². The Morgan fingerprint density at radius 2 is 1.50 bits per heavy atom. The summed E-state index contributed by atoms with van der Waals surface area (Å²) in [6.45, 7) is 2.89. The van der Waals surface area contributed by atoms with Crippen LogP contribution in [0.15, 0.2) is 83.7 Å². The summed E-state index contributed by atoms with van der Waals surface area (Å²) in [6, 6.07) is 21.7. The first-order valence-electron chi connectivity index (χ1n) is 10.6. The molecule has 8 nitrogen and oxygen atoms in total. The molecule has 1 N–H and O–H groups in total. The van der Waals surface area contributed by atoms with Gasteiger partial charge in [-0.05, 0) is 56.3 Å². The normalized spacial score (nSPS) is 11.6. The summed E-state index contributed by atoms with van der Waals surface area (Å²) in [6.07, 6.45) is -1.14. The van der Waals surface area contributed by atoms with E-state index in [4.69, 9.17) is 4.74 Å². The Balaban J connectivity index is 1.60. The standard InChI is InChI=1S/C26H21N3O5/c1-16(30)18-12-14-19(15-13-18)27-24(31)17(2)34-26(33)23-21-10-6-7-11-22(21)25(32)29(28-23)20-8-4-3-5-9-20/h3-15,17H,1-2H3,(H,27,31). The number of fused-ring (bicyclic) bond motifs is 1. The van der Waals surface area contributed by atoms with Gasteiger partial charge in [0.25, 0.3) is 11.5 Å². The molecular formula is C26H21N3O5. The van der Waals surface area contributed by atoms with Crippen LogP contribution in [0.4, 0.5) is 5.69 Å². The molecule has 0 aliphatic carbocycles. The van der Waals surface area contributed by atoms with Crippen molar-refractivity contribution < 1.29 is 19.1 Å². The summed E-state index contributed by atoms with van der Waals surface area (Å²) in [5, 5.41) is 7.54. The van der Waals surface area contributed by atoms with E-state index in [1.54, 1.807) is 78.9 Å². The fourth-order valence-corrected chi connectivity index (χ4v) is 3.39. The van der Waals surface area contributed by atoms with Crippen LogP contribution in [0.2, 0.25) is 0 Å². The van der Waals surface area contributed by atoms with Gasteiger partial charge in [0.2, 0.25) is 0 Å². The Morgan fingerprint density at radius 1 is 0.882 bits per heavy atom. The van der Waals surface area contributed by atoms with Crippen molar-refractivity contribution in [1.82, 2.24) is 9.78 Å². The van der Waals surface area contributed by atoms with Gasteiger partial charge in [-0.25, -0.2) is 4.79 Å². The number of amides is 1. The second-order valence-corrected chi connectivity index (χ2v) is 7.62. The zero-order chi connectivity index (χ0) is 24.2. The van der Waals surface area contributed by atoms with Gasteiger partial charge in [-0.3, -0.25) is 14.4 Å². The van der Waals surface area contributed by atoms with E-state index in [0.29, 0.717) is 27.7 Å². The predicted octanol–water partition coefficient (Wildman–Crippen LogP) is 3.77. The summed E-state index contributed by atoms with van der Waals surface area (Å²) in [7, 11) is 0. The minimum Gasteiger partial charge on any atom is -0.448 e. The average Bonchev–Trinajstić information content (AvgIpc) is 2.85. The number of esters is 1. The van der Waals surface area contributed by atoms with E-state index >= 15 is 0 Å². The molecule has 0 aliphatic rings. The zero-order valence-corrected chi connectivity index (χ0v) is 18.5. The highest BCUT2D eigenvalue weighted by Crippen LogP contribution is 2.17. The molecule has 170 valence electrons. The van der Waals surface area contributed by atoms with E-state index in [1.807, 2.05) is 0 Å². The molecule has 1 aromatic heterocycles. The molecule has 4 aromatic rings. The van der Waals surface area contributed by atoms with Crippen LogP contribution in [0, 0.1) is 0 Å². The van der Waals surface area contributed by atoms with Crippen LogP contribution in [-0.4, -0.2) is 33.5 Å². The lowest BCUT2D eigenvalue weighted by molar-refractivity contribution is -0.123. The van der Waals surface area contributed by atoms with Crippen LogP contribution in [0.3, 0.4) is 0 Å². The molecular weight excluding hydrogens is 434 g/mol. The number of rotatable bonds is 6. The summed E-state index contributed by atoms with van der Waals surface area (Å²) in [5.74, 6) is -1.48. The third-order valence-electron chi connectivity index (χ3n) is 5.21. The predicted molar refractivity (Wildman–Crippen MR) is 127 cm³/mol. The minimum atomic E-state index is -1.14. The Bertz CT molecular complexity index is 1440. The smallest absolute Gasteiger partial charge is 0.360 e. The maximum atomic E-state index is 13.0. The molecule has 3 aromatic carbocycles. The lowest BCUT2D eigenvalue weighted by Crippen LogP contribution is -2.31. The molecule has 0 saturated heterocycles. The van der Waals surface area contributed by atoms with E-state index in [2.05, 4.69) is 10.4 Å². The molecule has 8 heteroatoms. The van der Waals surface area contributed by atoms with Crippen molar-refractivity contribution in [1.29, 1.82) is 0 Å². The van der Waals surface area contributed by atoms with Crippen LogP contribution in [0.1, 0.15) is 34.7 Å². The van der Waals surface area contributed by atoms with Gasteiger partial charge in [0.1, 0.15) is 0 Å². The maximum Gasteiger partial charge on any atom is 0.360 e. The lowest BCUT2D eigenvalue weighted by Gasteiger charge is -2.15. The largest absolute Gasteiger partial charge is 0.448 e. The molecule has 0 saturated carbocycles. The van der Waals surface area contributed by atoms with Gasteiger partial charge in [-0.15, -0.1) is 0 Å². The number of nitrogens with zero attached hydrogens (tertiary/aromatic N) is 2. The molecule has 1 atom stereocenters. The number of para-hydroxylation sites is 1. The Kier molecular flexibility index (Phi) is 6.31. The molecule has 0 aliphatic heterocycles. The van der Waals surface area contributed by atoms with Crippen LogP contribution in [0.25, 0.3) is 16.5 Å². The summed E-state index contributed by atoms with van der Waals surface area (Å²) in [5.41, 5.74) is 1.01. The van der Waals surface area contributed by atoms with E-state index in [0.717, 1.165) is 4.68 Å². The van der Waals surface area contributed by atoms with Gasteiger partial charge in [-0.2, -0.15) is 9.78 Å². The van der Waals surface area contributed by atoms with Crippen molar-refractivity contribution in [3.8, 4) is 5.69 Å². The van der Waals surface area contributed by atoms with E-state index in [9.17, 15) is 19.2 Å². The van der Waals surface area contributed by atoms with Crippen LogP contribution in [-0.2, 0) is 9.53 Å². The molecule has 34 heavy (non-hydrogen) atoms.